The first-order chi connectivity index (χ1) is 13.1. The van der Waals surface area contributed by atoms with Gasteiger partial charge in [0.25, 0.3) is 5.91 Å². The van der Waals surface area contributed by atoms with E-state index >= 15 is 0 Å². The van der Waals surface area contributed by atoms with Crippen molar-refractivity contribution in [2.24, 2.45) is 5.92 Å². The molecule has 2 aromatic rings. The van der Waals surface area contributed by atoms with Crippen molar-refractivity contribution in [3.8, 4) is 0 Å². The summed E-state index contributed by atoms with van der Waals surface area (Å²) in [6.45, 7) is 1.66. The van der Waals surface area contributed by atoms with Crippen LogP contribution in [0.2, 0.25) is 0 Å². The van der Waals surface area contributed by atoms with Gasteiger partial charge in [0.05, 0.1) is 18.2 Å². The molecule has 4 nitrogen and oxygen atoms in total. The van der Waals surface area contributed by atoms with Gasteiger partial charge in [0.1, 0.15) is 5.82 Å². The van der Waals surface area contributed by atoms with E-state index in [0.717, 1.165) is 32.4 Å². The van der Waals surface area contributed by atoms with E-state index in [0.29, 0.717) is 11.6 Å². The number of imide groups is 1. The Morgan fingerprint density at radius 1 is 0.926 bits per heavy atom. The lowest BCUT2D eigenvalue weighted by Gasteiger charge is -2.34. The zero-order valence-electron chi connectivity index (χ0n) is 15.2. The standard InChI is InChI=1S/C22H23FN2O2/c23-18-6-8-19(9-7-18)25-21(26)15-20(22(25)27)24-12-10-17(11-13-24)14-16-4-2-1-3-5-16/h1-9,17,20H,10-15H2/t20-/m0/s1. The molecule has 5 heteroatoms. The van der Waals surface area contributed by atoms with Crippen LogP contribution in [0.1, 0.15) is 24.8 Å². The maximum atomic E-state index is 13.1. The molecule has 2 amide bonds. The van der Waals surface area contributed by atoms with Gasteiger partial charge in [-0.15, -0.1) is 0 Å². The van der Waals surface area contributed by atoms with Gasteiger partial charge in [0.2, 0.25) is 5.91 Å². The summed E-state index contributed by atoms with van der Waals surface area (Å²) in [5.41, 5.74) is 1.80. The van der Waals surface area contributed by atoms with Gasteiger partial charge in [-0.05, 0) is 68.1 Å². The maximum absolute atomic E-state index is 13.1. The van der Waals surface area contributed by atoms with Crippen LogP contribution < -0.4 is 4.90 Å². The molecule has 4 rings (SSSR count). The molecule has 0 saturated carbocycles. The lowest BCUT2D eigenvalue weighted by Crippen LogP contribution is -2.46. The number of hydrogen-bond donors (Lipinski definition) is 0. The first-order valence-electron chi connectivity index (χ1n) is 9.52. The van der Waals surface area contributed by atoms with Crippen LogP contribution in [-0.4, -0.2) is 35.8 Å². The Morgan fingerprint density at radius 2 is 1.59 bits per heavy atom. The van der Waals surface area contributed by atoms with Crippen molar-refractivity contribution in [1.82, 2.24) is 4.90 Å². The van der Waals surface area contributed by atoms with Crippen LogP contribution in [0.5, 0.6) is 0 Å². The maximum Gasteiger partial charge on any atom is 0.251 e. The molecule has 2 fully saturated rings. The van der Waals surface area contributed by atoms with Gasteiger partial charge in [-0.3, -0.25) is 14.5 Å². The van der Waals surface area contributed by atoms with Crippen LogP contribution in [0.3, 0.4) is 0 Å². The predicted octanol–water partition coefficient (Wildman–Crippen LogP) is 3.41. The number of carbonyl (C=O) groups excluding carboxylic acids is 2. The van der Waals surface area contributed by atoms with Crippen molar-refractivity contribution >= 4 is 17.5 Å². The number of hydrogen-bond acceptors (Lipinski definition) is 3. The topological polar surface area (TPSA) is 40.6 Å². The first kappa shape index (κ1) is 17.9. The van der Waals surface area contributed by atoms with Crippen LogP contribution in [-0.2, 0) is 16.0 Å². The highest BCUT2D eigenvalue weighted by Crippen LogP contribution is 2.29. The van der Waals surface area contributed by atoms with Gasteiger partial charge in [-0.1, -0.05) is 30.3 Å². The minimum absolute atomic E-state index is 0.187. The third-order valence-electron chi connectivity index (χ3n) is 5.66. The molecule has 2 saturated heterocycles. The lowest BCUT2D eigenvalue weighted by atomic mass is 9.89. The van der Waals surface area contributed by atoms with Gasteiger partial charge in [-0.25, -0.2) is 9.29 Å². The van der Waals surface area contributed by atoms with Crippen molar-refractivity contribution in [2.75, 3.05) is 18.0 Å². The second-order valence-electron chi connectivity index (χ2n) is 7.43. The number of piperidine rings is 1. The second-order valence-corrected chi connectivity index (χ2v) is 7.43. The Morgan fingerprint density at radius 3 is 2.26 bits per heavy atom. The van der Waals surface area contributed by atoms with Crippen molar-refractivity contribution in [3.05, 3.63) is 66.0 Å². The van der Waals surface area contributed by atoms with Crippen molar-refractivity contribution in [2.45, 2.75) is 31.7 Å². The van der Waals surface area contributed by atoms with E-state index < -0.39 is 0 Å². The fourth-order valence-corrected chi connectivity index (χ4v) is 4.18. The molecule has 2 aliphatic heterocycles. The second kappa shape index (κ2) is 7.61. The largest absolute Gasteiger partial charge is 0.292 e. The number of carbonyl (C=O) groups is 2. The van der Waals surface area contributed by atoms with Crippen LogP contribution in [0, 0.1) is 11.7 Å². The highest BCUT2D eigenvalue weighted by Gasteiger charge is 2.43. The summed E-state index contributed by atoms with van der Waals surface area (Å²) in [5.74, 6) is -0.157. The highest BCUT2D eigenvalue weighted by atomic mass is 19.1. The minimum Gasteiger partial charge on any atom is -0.292 e. The number of amides is 2. The fourth-order valence-electron chi connectivity index (χ4n) is 4.18. The van der Waals surface area contributed by atoms with Gasteiger partial charge < -0.3 is 0 Å². The van der Waals surface area contributed by atoms with Crippen LogP contribution in [0.25, 0.3) is 0 Å². The summed E-state index contributed by atoms with van der Waals surface area (Å²) in [4.78, 5) is 28.6. The number of anilines is 1. The normalized spacial score (nSPS) is 21.8. The molecule has 0 aromatic heterocycles. The number of likely N-dealkylation sites (tertiary alicyclic amines) is 1. The summed E-state index contributed by atoms with van der Waals surface area (Å²) in [6, 6.07) is 15.6. The Hall–Kier alpha value is -2.53. The van der Waals surface area contributed by atoms with Crippen molar-refractivity contribution in [1.29, 1.82) is 0 Å². The van der Waals surface area contributed by atoms with E-state index in [2.05, 4.69) is 29.2 Å². The molecule has 0 aliphatic carbocycles. The molecule has 140 valence electrons. The SMILES string of the molecule is O=C1C[C@H](N2CCC(Cc3ccccc3)CC2)C(=O)N1c1ccc(F)cc1. The van der Waals surface area contributed by atoms with Crippen LogP contribution in [0.15, 0.2) is 54.6 Å². The zero-order chi connectivity index (χ0) is 18.8. The molecular weight excluding hydrogens is 343 g/mol. The summed E-state index contributed by atoms with van der Waals surface area (Å²) >= 11 is 0. The highest BCUT2D eigenvalue weighted by molar-refractivity contribution is 6.22. The third kappa shape index (κ3) is 3.78. The van der Waals surface area contributed by atoms with Gasteiger partial charge >= 0.3 is 0 Å². The summed E-state index contributed by atoms with van der Waals surface area (Å²) < 4.78 is 13.1. The lowest BCUT2D eigenvalue weighted by molar-refractivity contribution is -0.123. The van der Waals surface area contributed by atoms with E-state index in [4.69, 9.17) is 0 Å². The molecule has 2 aromatic carbocycles. The average molecular weight is 366 g/mol. The monoisotopic (exact) mass is 366 g/mol. The molecule has 1 atom stereocenters. The van der Waals surface area contributed by atoms with E-state index in [1.54, 1.807) is 0 Å². The van der Waals surface area contributed by atoms with Crippen LogP contribution in [0.4, 0.5) is 10.1 Å². The third-order valence-corrected chi connectivity index (χ3v) is 5.66. The number of halogens is 1. The molecule has 27 heavy (non-hydrogen) atoms. The van der Waals surface area contributed by atoms with Gasteiger partial charge in [0.15, 0.2) is 0 Å². The van der Waals surface area contributed by atoms with E-state index in [1.807, 2.05) is 6.07 Å². The number of nitrogens with zero attached hydrogens (tertiary/aromatic N) is 2. The minimum atomic E-state index is -0.389. The Kier molecular flexibility index (Phi) is 5.03. The molecule has 0 bridgehead atoms. The summed E-state index contributed by atoms with van der Waals surface area (Å²) in [6.07, 6.45) is 3.33. The number of rotatable bonds is 4. The Balaban J connectivity index is 1.38. The fraction of sp³-hybridized carbons (Fsp3) is 0.364. The molecule has 2 aliphatic rings. The predicted molar refractivity (Wildman–Crippen MR) is 102 cm³/mol. The van der Waals surface area contributed by atoms with Crippen LogP contribution >= 0.6 is 0 Å². The molecule has 0 unspecified atom stereocenters. The zero-order valence-corrected chi connectivity index (χ0v) is 15.2. The van der Waals surface area contributed by atoms with Crippen molar-refractivity contribution in [3.63, 3.8) is 0 Å². The molecule has 0 spiro atoms. The molecule has 0 N–H and O–H groups in total. The van der Waals surface area contributed by atoms with E-state index in [9.17, 15) is 14.0 Å². The van der Waals surface area contributed by atoms with Gasteiger partial charge in [-0.2, -0.15) is 0 Å². The summed E-state index contributed by atoms with van der Waals surface area (Å²) in [7, 11) is 0. The first-order valence-corrected chi connectivity index (χ1v) is 9.52. The summed E-state index contributed by atoms with van der Waals surface area (Å²) in [5, 5.41) is 0. The quantitative estimate of drug-likeness (QED) is 0.779. The van der Waals surface area contributed by atoms with E-state index in [1.165, 1.54) is 34.7 Å². The Bertz CT molecular complexity index is 814. The number of benzene rings is 2. The average Bonchev–Trinajstić information content (AvgIpc) is 2.98. The molecular formula is C22H23FN2O2. The molecule has 2 heterocycles. The van der Waals surface area contributed by atoms with Crippen molar-refractivity contribution < 1.29 is 14.0 Å². The Labute approximate surface area is 158 Å². The van der Waals surface area contributed by atoms with E-state index in [-0.39, 0.29) is 30.1 Å². The molecule has 0 radical (unpaired) electrons. The smallest absolute Gasteiger partial charge is 0.251 e. The van der Waals surface area contributed by atoms with Gasteiger partial charge in [0, 0.05) is 0 Å².